The molecule has 1 saturated carbocycles. The Morgan fingerprint density at radius 2 is 2.04 bits per heavy atom. The zero-order chi connectivity index (χ0) is 18.1. The summed E-state index contributed by atoms with van der Waals surface area (Å²) in [4.78, 5) is 23.7. The Bertz CT molecular complexity index is 526. The van der Waals surface area contributed by atoms with Gasteiger partial charge in [0.2, 0.25) is 0 Å². The lowest BCUT2D eigenvalue weighted by Crippen LogP contribution is -2.41. The Balaban J connectivity index is 2.14. The molecule has 5 atom stereocenters. The fourth-order valence-corrected chi connectivity index (χ4v) is 3.83. The fraction of sp³-hybridized carbons (Fsp3) is 0.778. The van der Waals surface area contributed by atoms with Crippen molar-refractivity contribution in [2.24, 2.45) is 23.2 Å². The predicted octanol–water partition coefficient (Wildman–Crippen LogP) is 4.46. The number of allylic oxidation sites excluding steroid dienone is 2. The van der Waals surface area contributed by atoms with Crippen LogP contribution in [-0.2, 0) is 14.3 Å². The summed E-state index contributed by atoms with van der Waals surface area (Å²) < 4.78 is 45.4. The van der Waals surface area contributed by atoms with E-state index in [4.69, 9.17) is 4.74 Å². The van der Waals surface area contributed by atoms with E-state index >= 15 is 0 Å². The molecule has 1 unspecified atom stereocenters. The van der Waals surface area contributed by atoms with E-state index in [-0.39, 0.29) is 42.7 Å². The molecule has 1 saturated heterocycles. The fourth-order valence-electron chi connectivity index (χ4n) is 3.83. The van der Waals surface area contributed by atoms with Gasteiger partial charge in [-0.3, -0.25) is 9.59 Å². The SMILES string of the molecule is CCCCC(C)(C(=O)C=C[C@@H]1[C@H]2CC(=O)O[C@@H]2C[C@H]1C)C(F)(F)F. The molecule has 2 fully saturated rings. The van der Waals surface area contributed by atoms with Crippen molar-refractivity contribution in [2.75, 3.05) is 0 Å². The standard InChI is InChI=1S/C18H25F3O3/c1-4-5-8-17(3,18(19,20)21)15(22)7-6-12-11(2)9-14-13(12)10-16(23)24-14/h6-7,11-14H,4-5,8-10H2,1-3H3/t11-,12+,13-,14-,17?/m1/s1. The molecule has 0 radical (unpaired) electrons. The maximum absolute atomic E-state index is 13.4. The van der Waals surface area contributed by atoms with Crippen LogP contribution >= 0.6 is 0 Å². The van der Waals surface area contributed by atoms with Gasteiger partial charge in [0.25, 0.3) is 0 Å². The van der Waals surface area contributed by atoms with Crippen LogP contribution in [0, 0.1) is 23.2 Å². The van der Waals surface area contributed by atoms with Crippen LogP contribution in [0.5, 0.6) is 0 Å². The minimum Gasteiger partial charge on any atom is -0.462 e. The van der Waals surface area contributed by atoms with Crippen molar-refractivity contribution in [3.8, 4) is 0 Å². The lowest BCUT2D eigenvalue weighted by atomic mass is 9.78. The van der Waals surface area contributed by atoms with E-state index in [1.807, 2.05) is 6.92 Å². The summed E-state index contributed by atoms with van der Waals surface area (Å²) in [6, 6.07) is 0. The molecule has 2 aliphatic rings. The number of ether oxygens (including phenoxy) is 1. The van der Waals surface area contributed by atoms with Crippen molar-refractivity contribution in [2.45, 2.75) is 65.2 Å². The van der Waals surface area contributed by atoms with Gasteiger partial charge in [0.05, 0.1) is 6.42 Å². The number of halogens is 3. The van der Waals surface area contributed by atoms with Crippen molar-refractivity contribution in [1.29, 1.82) is 0 Å². The third kappa shape index (κ3) is 3.52. The number of unbranched alkanes of at least 4 members (excludes halogenated alkanes) is 1. The number of carbonyl (C=O) groups is 2. The number of alkyl halides is 3. The van der Waals surface area contributed by atoms with Crippen molar-refractivity contribution < 1.29 is 27.5 Å². The monoisotopic (exact) mass is 346 g/mol. The minimum atomic E-state index is -4.57. The number of esters is 1. The van der Waals surface area contributed by atoms with Gasteiger partial charge in [-0.25, -0.2) is 0 Å². The molecule has 6 heteroatoms. The Morgan fingerprint density at radius 1 is 1.38 bits per heavy atom. The molecule has 0 aromatic rings. The summed E-state index contributed by atoms with van der Waals surface area (Å²) >= 11 is 0. The first-order chi connectivity index (χ1) is 11.1. The van der Waals surface area contributed by atoms with E-state index in [1.165, 1.54) is 0 Å². The molecule has 0 aromatic heterocycles. The number of hydrogen-bond acceptors (Lipinski definition) is 3. The van der Waals surface area contributed by atoms with Crippen LogP contribution < -0.4 is 0 Å². The summed E-state index contributed by atoms with van der Waals surface area (Å²) in [6.45, 7) is 4.76. The molecule has 1 aliphatic heterocycles. The van der Waals surface area contributed by atoms with Gasteiger partial charge in [-0.15, -0.1) is 0 Å². The lowest BCUT2D eigenvalue weighted by molar-refractivity contribution is -0.215. The third-order valence-electron chi connectivity index (χ3n) is 5.59. The maximum atomic E-state index is 13.4. The van der Waals surface area contributed by atoms with Crippen LogP contribution in [-0.4, -0.2) is 24.0 Å². The number of hydrogen-bond donors (Lipinski definition) is 0. The van der Waals surface area contributed by atoms with E-state index in [0.29, 0.717) is 19.3 Å². The summed E-state index contributed by atoms with van der Waals surface area (Å²) in [6.07, 6.45) is -0.328. The van der Waals surface area contributed by atoms with Crippen molar-refractivity contribution in [3.05, 3.63) is 12.2 Å². The lowest BCUT2D eigenvalue weighted by Gasteiger charge is -2.29. The van der Waals surface area contributed by atoms with Gasteiger partial charge in [0, 0.05) is 5.92 Å². The summed E-state index contributed by atoms with van der Waals surface area (Å²) in [7, 11) is 0. The van der Waals surface area contributed by atoms with E-state index in [9.17, 15) is 22.8 Å². The number of fused-ring (bicyclic) bond motifs is 1. The normalized spacial score (nSPS) is 32.7. The highest BCUT2D eigenvalue weighted by Crippen LogP contribution is 2.46. The van der Waals surface area contributed by atoms with Crippen molar-refractivity contribution >= 4 is 11.8 Å². The smallest absolute Gasteiger partial charge is 0.401 e. The van der Waals surface area contributed by atoms with E-state index in [2.05, 4.69) is 0 Å². The van der Waals surface area contributed by atoms with Gasteiger partial charge in [0.1, 0.15) is 11.5 Å². The summed E-state index contributed by atoms with van der Waals surface area (Å²) in [5.41, 5.74) is -2.34. The van der Waals surface area contributed by atoms with E-state index in [1.54, 1.807) is 13.0 Å². The molecule has 0 amide bonds. The van der Waals surface area contributed by atoms with Crippen LogP contribution in [0.3, 0.4) is 0 Å². The van der Waals surface area contributed by atoms with E-state index in [0.717, 1.165) is 13.0 Å². The number of rotatable bonds is 6. The average molecular weight is 346 g/mol. The van der Waals surface area contributed by atoms with Gasteiger partial charge in [-0.2, -0.15) is 13.2 Å². The van der Waals surface area contributed by atoms with Crippen LogP contribution in [0.15, 0.2) is 12.2 Å². The quantitative estimate of drug-likeness (QED) is 0.527. The second-order valence-corrected chi connectivity index (χ2v) is 7.34. The Labute approximate surface area is 140 Å². The molecule has 1 aliphatic carbocycles. The Hall–Kier alpha value is -1.33. The van der Waals surface area contributed by atoms with Gasteiger partial charge < -0.3 is 4.74 Å². The zero-order valence-corrected chi connectivity index (χ0v) is 14.4. The van der Waals surface area contributed by atoms with Crippen molar-refractivity contribution in [1.82, 2.24) is 0 Å². The van der Waals surface area contributed by atoms with Crippen LogP contribution in [0.2, 0.25) is 0 Å². The highest BCUT2D eigenvalue weighted by Gasteiger charge is 2.55. The third-order valence-corrected chi connectivity index (χ3v) is 5.59. The highest BCUT2D eigenvalue weighted by atomic mass is 19.4. The summed E-state index contributed by atoms with van der Waals surface area (Å²) in [5, 5.41) is 0. The van der Waals surface area contributed by atoms with Gasteiger partial charge in [-0.05, 0) is 37.7 Å². The molecule has 3 nitrogen and oxygen atoms in total. The molecule has 0 spiro atoms. The molecule has 0 N–H and O–H groups in total. The average Bonchev–Trinajstić information content (AvgIpc) is 2.96. The second kappa shape index (κ2) is 6.89. The van der Waals surface area contributed by atoms with Crippen LogP contribution in [0.1, 0.15) is 52.9 Å². The first-order valence-corrected chi connectivity index (χ1v) is 8.59. The number of ketones is 1. The highest BCUT2D eigenvalue weighted by molar-refractivity contribution is 5.95. The van der Waals surface area contributed by atoms with Crippen LogP contribution in [0.4, 0.5) is 13.2 Å². The van der Waals surface area contributed by atoms with E-state index < -0.39 is 17.4 Å². The van der Waals surface area contributed by atoms with Crippen molar-refractivity contribution in [3.63, 3.8) is 0 Å². The molecule has 0 aromatic carbocycles. The Kier molecular flexibility index (Phi) is 5.45. The topological polar surface area (TPSA) is 43.4 Å². The Morgan fingerprint density at radius 3 is 2.62 bits per heavy atom. The minimum absolute atomic E-state index is 0.0238. The van der Waals surface area contributed by atoms with Gasteiger partial charge in [0.15, 0.2) is 5.78 Å². The number of carbonyl (C=O) groups excluding carboxylic acids is 2. The summed E-state index contributed by atoms with van der Waals surface area (Å²) in [5.74, 6) is -1.09. The van der Waals surface area contributed by atoms with Gasteiger partial charge in [-0.1, -0.05) is 32.8 Å². The molecule has 136 valence electrons. The molecule has 0 bridgehead atoms. The molecule has 1 heterocycles. The van der Waals surface area contributed by atoms with Gasteiger partial charge >= 0.3 is 12.1 Å². The predicted molar refractivity (Wildman–Crippen MR) is 83.1 cm³/mol. The maximum Gasteiger partial charge on any atom is 0.401 e. The molecular formula is C18H25F3O3. The largest absolute Gasteiger partial charge is 0.462 e. The second-order valence-electron chi connectivity index (χ2n) is 7.34. The first-order valence-electron chi connectivity index (χ1n) is 8.59. The molecule has 24 heavy (non-hydrogen) atoms. The molecular weight excluding hydrogens is 321 g/mol. The zero-order valence-electron chi connectivity index (χ0n) is 14.4. The molecule has 2 rings (SSSR count). The van der Waals surface area contributed by atoms with Crippen LogP contribution in [0.25, 0.3) is 0 Å². The first kappa shape index (κ1) is 19.0.